The highest BCUT2D eigenvalue weighted by Gasteiger charge is 2.00. The Balaban J connectivity index is 1.90. The van der Waals surface area contributed by atoms with Crippen LogP contribution >= 0.6 is 0 Å². The van der Waals surface area contributed by atoms with Crippen molar-refractivity contribution in [2.75, 3.05) is 12.3 Å². The standard InChI is InChI=1S/C14H16N2O/c1-11-9-13(15)4-5-14(11)17-8-6-12-3-2-7-16-10-12/h2-5,7,9-10H,6,8,15H2,1H3. The van der Waals surface area contributed by atoms with Gasteiger partial charge >= 0.3 is 0 Å². The van der Waals surface area contributed by atoms with Crippen LogP contribution < -0.4 is 10.5 Å². The van der Waals surface area contributed by atoms with Gasteiger partial charge in [-0.3, -0.25) is 4.98 Å². The summed E-state index contributed by atoms with van der Waals surface area (Å²) in [5.41, 5.74) is 8.70. The van der Waals surface area contributed by atoms with Crippen LogP contribution in [0.1, 0.15) is 11.1 Å². The predicted octanol–water partition coefficient (Wildman–Crippen LogP) is 2.59. The van der Waals surface area contributed by atoms with Crippen LogP contribution in [0.15, 0.2) is 42.7 Å². The first-order chi connectivity index (χ1) is 8.25. The fourth-order valence-corrected chi connectivity index (χ4v) is 1.66. The maximum Gasteiger partial charge on any atom is 0.122 e. The van der Waals surface area contributed by atoms with Crippen molar-refractivity contribution >= 4 is 5.69 Å². The Labute approximate surface area is 101 Å². The summed E-state index contributed by atoms with van der Waals surface area (Å²) in [6.07, 6.45) is 4.49. The number of nitrogens with zero attached hydrogens (tertiary/aromatic N) is 1. The van der Waals surface area contributed by atoms with Gasteiger partial charge in [0.2, 0.25) is 0 Å². The summed E-state index contributed by atoms with van der Waals surface area (Å²) in [6, 6.07) is 9.66. The summed E-state index contributed by atoms with van der Waals surface area (Å²) in [7, 11) is 0. The van der Waals surface area contributed by atoms with Crippen LogP contribution in [0.5, 0.6) is 5.75 Å². The van der Waals surface area contributed by atoms with E-state index in [-0.39, 0.29) is 0 Å². The highest BCUT2D eigenvalue weighted by molar-refractivity contribution is 5.47. The summed E-state index contributed by atoms with van der Waals surface area (Å²) in [5.74, 6) is 0.892. The number of hydrogen-bond donors (Lipinski definition) is 1. The molecule has 0 atom stereocenters. The van der Waals surface area contributed by atoms with E-state index in [1.54, 1.807) is 6.20 Å². The third-order valence-corrected chi connectivity index (χ3v) is 2.57. The number of ether oxygens (including phenoxy) is 1. The van der Waals surface area contributed by atoms with Crippen LogP contribution in [-0.2, 0) is 6.42 Å². The first-order valence-corrected chi connectivity index (χ1v) is 5.63. The zero-order valence-electron chi connectivity index (χ0n) is 9.89. The number of benzene rings is 1. The summed E-state index contributed by atoms with van der Waals surface area (Å²) >= 11 is 0. The first-order valence-electron chi connectivity index (χ1n) is 5.63. The Morgan fingerprint density at radius 2 is 2.18 bits per heavy atom. The molecule has 0 aliphatic carbocycles. The molecule has 0 aliphatic heterocycles. The van der Waals surface area contributed by atoms with E-state index >= 15 is 0 Å². The smallest absolute Gasteiger partial charge is 0.122 e. The third kappa shape index (κ3) is 3.21. The second-order valence-electron chi connectivity index (χ2n) is 3.98. The third-order valence-electron chi connectivity index (χ3n) is 2.57. The SMILES string of the molecule is Cc1cc(N)ccc1OCCc1cccnc1. The molecule has 2 aromatic rings. The molecule has 3 heteroatoms. The quantitative estimate of drug-likeness (QED) is 0.818. The van der Waals surface area contributed by atoms with Gasteiger partial charge in [-0.25, -0.2) is 0 Å². The lowest BCUT2D eigenvalue weighted by molar-refractivity contribution is 0.319. The van der Waals surface area contributed by atoms with Crippen molar-refractivity contribution in [2.45, 2.75) is 13.3 Å². The fourth-order valence-electron chi connectivity index (χ4n) is 1.66. The molecule has 0 spiro atoms. The van der Waals surface area contributed by atoms with E-state index < -0.39 is 0 Å². The van der Waals surface area contributed by atoms with Crippen molar-refractivity contribution in [2.24, 2.45) is 0 Å². The Bertz CT molecular complexity index is 483. The van der Waals surface area contributed by atoms with Crippen LogP contribution in [0.4, 0.5) is 5.69 Å². The van der Waals surface area contributed by atoms with Gasteiger partial charge in [0.25, 0.3) is 0 Å². The molecule has 0 radical (unpaired) electrons. The molecule has 0 aliphatic rings. The molecule has 88 valence electrons. The second-order valence-corrected chi connectivity index (χ2v) is 3.98. The van der Waals surface area contributed by atoms with E-state index in [2.05, 4.69) is 4.98 Å². The number of aryl methyl sites for hydroxylation is 1. The van der Waals surface area contributed by atoms with Gasteiger partial charge < -0.3 is 10.5 Å². The number of hydrogen-bond acceptors (Lipinski definition) is 3. The average molecular weight is 228 g/mol. The topological polar surface area (TPSA) is 48.1 Å². The van der Waals surface area contributed by atoms with Gasteiger partial charge in [-0.15, -0.1) is 0 Å². The molecule has 0 saturated heterocycles. The molecule has 0 unspecified atom stereocenters. The molecule has 0 amide bonds. The lowest BCUT2D eigenvalue weighted by Crippen LogP contribution is -2.03. The normalized spacial score (nSPS) is 10.2. The van der Waals surface area contributed by atoms with Crippen molar-refractivity contribution in [3.8, 4) is 5.75 Å². The monoisotopic (exact) mass is 228 g/mol. The maximum atomic E-state index is 5.71. The Morgan fingerprint density at radius 3 is 2.88 bits per heavy atom. The van der Waals surface area contributed by atoms with E-state index in [0.29, 0.717) is 6.61 Å². The molecule has 1 heterocycles. The fraction of sp³-hybridized carbons (Fsp3) is 0.214. The molecule has 1 aromatic carbocycles. The van der Waals surface area contributed by atoms with Gasteiger partial charge in [0.1, 0.15) is 5.75 Å². The second kappa shape index (κ2) is 5.34. The number of anilines is 1. The Hall–Kier alpha value is -2.03. The minimum atomic E-state index is 0.649. The molecule has 0 fully saturated rings. The van der Waals surface area contributed by atoms with Crippen LogP contribution in [0.25, 0.3) is 0 Å². The van der Waals surface area contributed by atoms with Gasteiger partial charge in [-0.05, 0) is 42.3 Å². The molecule has 1 aromatic heterocycles. The Kier molecular flexibility index (Phi) is 3.60. The van der Waals surface area contributed by atoms with Gasteiger partial charge in [0.15, 0.2) is 0 Å². The number of aromatic nitrogens is 1. The summed E-state index contributed by atoms with van der Waals surface area (Å²) < 4.78 is 5.71. The van der Waals surface area contributed by atoms with Crippen LogP contribution in [0.2, 0.25) is 0 Å². The van der Waals surface area contributed by atoms with Crippen molar-refractivity contribution < 1.29 is 4.74 Å². The number of pyridine rings is 1. The largest absolute Gasteiger partial charge is 0.493 e. The van der Waals surface area contributed by atoms with Gasteiger partial charge in [-0.2, -0.15) is 0 Å². The van der Waals surface area contributed by atoms with E-state index in [1.807, 2.05) is 43.5 Å². The molecule has 2 rings (SSSR count). The van der Waals surface area contributed by atoms with Gasteiger partial charge in [-0.1, -0.05) is 6.07 Å². The predicted molar refractivity (Wildman–Crippen MR) is 69.0 cm³/mol. The van der Waals surface area contributed by atoms with Crippen molar-refractivity contribution in [1.29, 1.82) is 0 Å². The molecular formula is C14H16N2O. The molecule has 3 nitrogen and oxygen atoms in total. The first kappa shape index (κ1) is 11.5. The Morgan fingerprint density at radius 1 is 1.29 bits per heavy atom. The summed E-state index contributed by atoms with van der Waals surface area (Å²) in [5, 5.41) is 0. The summed E-state index contributed by atoms with van der Waals surface area (Å²) in [4.78, 5) is 4.07. The van der Waals surface area contributed by atoms with Crippen molar-refractivity contribution in [1.82, 2.24) is 4.98 Å². The molecule has 0 bridgehead atoms. The molecule has 17 heavy (non-hydrogen) atoms. The zero-order chi connectivity index (χ0) is 12.1. The maximum absolute atomic E-state index is 5.71. The highest BCUT2D eigenvalue weighted by atomic mass is 16.5. The van der Waals surface area contributed by atoms with Crippen molar-refractivity contribution in [3.63, 3.8) is 0 Å². The average Bonchev–Trinajstić information content (AvgIpc) is 2.33. The van der Waals surface area contributed by atoms with Crippen LogP contribution in [-0.4, -0.2) is 11.6 Å². The molecule has 0 saturated carbocycles. The number of nitrogen functional groups attached to an aromatic ring is 1. The number of nitrogens with two attached hydrogens (primary N) is 1. The lowest BCUT2D eigenvalue weighted by atomic mass is 10.2. The zero-order valence-corrected chi connectivity index (χ0v) is 9.89. The van der Waals surface area contributed by atoms with E-state index in [1.165, 1.54) is 5.56 Å². The summed E-state index contributed by atoms with van der Waals surface area (Å²) in [6.45, 7) is 2.65. The minimum absolute atomic E-state index is 0.649. The van der Waals surface area contributed by atoms with Crippen LogP contribution in [0.3, 0.4) is 0 Å². The lowest BCUT2D eigenvalue weighted by Gasteiger charge is -2.09. The minimum Gasteiger partial charge on any atom is -0.493 e. The van der Waals surface area contributed by atoms with Gasteiger partial charge in [0, 0.05) is 24.5 Å². The van der Waals surface area contributed by atoms with Crippen LogP contribution in [0, 0.1) is 6.92 Å². The van der Waals surface area contributed by atoms with Gasteiger partial charge in [0.05, 0.1) is 6.61 Å². The highest BCUT2D eigenvalue weighted by Crippen LogP contribution is 2.20. The number of rotatable bonds is 4. The van der Waals surface area contributed by atoms with E-state index in [4.69, 9.17) is 10.5 Å². The molecule has 2 N–H and O–H groups in total. The van der Waals surface area contributed by atoms with Crippen molar-refractivity contribution in [3.05, 3.63) is 53.9 Å². The van der Waals surface area contributed by atoms with E-state index in [9.17, 15) is 0 Å². The molecular weight excluding hydrogens is 212 g/mol. The van der Waals surface area contributed by atoms with E-state index in [0.717, 1.165) is 23.4 Å².